The van der Waals surface area contributed by atoms with E-state index in [-0.39, 0.29) is 5.91 Å². The minimum absolute atomic E-state index is 0.125. The van der Waals surface area contributed by atoms with Gasteiger partial charge in [0, 0.05) is 20.1 Å². The number of aromatic nitrogens is 2. The first-order valence-corrected chi connectivity index (χ1v) is 4.99. The Morgan fingerprint density at radius 1 is 1.40 bits per heavy atom. The molecule has 80 valence electrons. The highest BCUT2D eigenvalue weighted by atomic mass is 16.2. The number of hydrogen-bond donors (Lipinski definition) is 1. The zero-order valence-electron chi connectivity index (χ0n) is 8.90. The maximum Gasteiger partial charge on any atom is 0.273 e. The quantitative estimate of drug-likeness (QED) is 0.793. The lowest BCUT2D eigenvalue weighted by Crippen LogP contribution is -2.23. The number of rotatable bonds is 3. The van der Waals surface area contributed by atoms with Crippen LogP contribution >= 0.6 is 0 Å². The Kier molecular flexibility index (Phi) is 2.53. The third-order valence-corrected chi connectivity index (χ3v) is 2.22. The van der Waals surface area contributed by atoms with Crippen molar-refractivity contribution in [2.75, 3.05) is 19.4 Å². The van der Waals surface area contributed by atoms with Gasteiger partial charge in [-0.2, -0.15) is 0 Å². The molecule has 1 amide bonds. The number of carbonyl (C=O) groups is 1. The molecule has 0 radical (unpaired) electrons. The van der Waals surface area contributed by atoms with Crippen LogP contribution in [0.1, 0.15) is 23.3 Å². The third kappa shape index (κ3) is 2.43. The summed E-state index contributed by atoms with van der Waals surface area (Å²) in [5, 5.41) is 11.0. The third-order valence-electron chi connectivity index (χ3n) is 2.22. The lowest BCUT2D eigenvalue weighted by molar-refractivity contribution is 0.0821. The highest BCUT2D eigenvalue weighted by Crippen LogP contribution is 2.23. The van der Waals surface area contributed by atoms with E-state index in [0.29, 0.717) is 11.7 Å². The van der Waals surface area contributed by atoms with Gasteiger partial charge in [0.1, 0.15) is 5.82 Å². The van der Waals surface area contributed by atoms with Gasteiger partial charge in [-0.15, -0.1) is 10.2 Å². The first-order chi connectivity index (χ1) is 7.16. The van der Waals surface area contributed by atoms with Crippen LogP contribution < -0.4 is 5.32 Å². The van der Waals surface area contributed by atoms with E-state index >= 15 is 0 Å². The van der Waals surface area contributed by atoms with Crippen molar-refractivity contribution in [1.29, 1.82) is 0 Å². The highest BCUT2D eigenvalue weighted by molar-refractivity contribution is 5.91. The number of anilines is 1. The summed E-state index contributed by atoms with van der Waals surface area (Å²) in [5.41, 5.74) is 0.376. The SMILES string of the molecule is CN(C)C(=O)c1ccc(NC2CC2)nn1. The molecule has 0 saturated heterocycles. The molecule has 5 nitrogen and oxygen atoms in total. The predicted molar refractivity (Wildman–Crippen MR) is 56.7 cm³/mol. The van der Waals surface area contributed by atoms with E-state index in [1.807, 2.05) is 0 Å². The molecule has 1 aromatic heterocycles. The molecule has 1 fully saturated rings. The van der Waals surface area contributed by atoms with Crippen LogP contribution in [-0.2, 0) is 0 Å². The predicted octanol–water partition coefficient (Wildman–Crippen LogP) is 0.753. The minimum atomic E-state index is -0.125. The Bertz CT molecular complexity index is 356. The summed E-state index contributed by atoms with van der Waals surface area (Å²) in [6.07, 6.45) is 2.39. The molecule has 1 saturated carbocycles. The molecule has 0 unspecified atom stereocenters. The minimum Gasteiger partial charge on any atom is -0.366 e. The van der Waals surface area contributed by atoms with Crippen LogP contribution in [0.4, 0.5) is 5.82 Å². The maximum atomic E-state index is 11.5. The second-order valence-corrected chi connectivity index (χ2v) is 3.92. The van der Waals surface area contributed by atoms with Gasteiger partial charge in [-0.05, 0) is 25.0 Å². The number of carbonyl (C=O) groups excluding carboxylic acids is 1. The van der Waals surface area contributed by atoms with Crippen molar-refractivity contribution in [3.05, 3.63) is 17.8 Å². The average molecular weight is 206 g/mol. The summed E-state index contributed by atoms with van der Waals surface area (Å²) in [6.45, 7) is 0. The molecule has 1 aliphatic rings. The van der Waals surface area contributed by atoms with Gasteiger partial charge in [0.25, 0.3) is 5.91 Å². The number of nitrogens with one attached hydrogen (secondary N) is 1. The van der Waals surface area contributed by atoms with Gasteiger partial charge in [-0.1, -0.05) is 0 Å². The lowest BCUT2D eigenvalue weighted by atomic mass is 10.3. The molecule has 2 rings (SSSR count). The number of amides is 1. The number of nitrogens with zero attached hydrogens (tertiary/aromatic N) is 3. The van der Waals surface area contributed by atoms with E-state index in [4.69, 9.17) is 0 Å². The lowest BCUT2D eigenvalue weighted by Gasteiger charge is -2.09. The normalized spacial score (nSPS) is 14.8. The van der Waals surface area contributed by atoms with Crippen LogP contribution in [0, 0.1) is 0 Å². The van der Waals surface area contributed by atoms with Crippen molar-refractivity contribution < 1.29 is 4.79 Å². The van der Waals surface area contributed by atoms with Crippen molar-refractivity contribution in [2.24, 2.45) is 0 Å². The van der Waals surface area contributed by atoms with Crippen molar-refractivity contribution in [1.82, 2.24) is 15.1 Å². The van der Waals surface area contributed by atoms with Crippen LogP contribution in [0.3, 0.4) is 0 Å². The summed E-state index contributed by atoms with van der Waals surface area (Å²) in [7, 11) is 3.39. The van der Waals surface area contributed by atoms with E-state index in [0.717, 1.165) is 5.82 Å². The largest absolute Gasteiger partial charge is 0.366 e. The maximum absolute atomic E-state index is 11.5. The van der Waals surface area contributed by atoms with E-state index in [1.54, 1.807) is 26.2 Å². The highest BCUT2D eigenvalue weighted by Gasteiger charge is 2.21. The fourth-order valence-corrected chi connectivity index (χ4v) is 1.19. The first kappa shape index (κ1) is 9.89. The Morgan fingerprint density at radius 2 is 2.13 bits per heavy atom. The average Bonchev–Trinajstić information content (AvgIpc) is 3.02. The zero-order chi connectivity index (χ0) is 10.8. The smallest absolute Gasteiger partial charge is 0.273 e. The van der Waals surface area contributed by atoms with Gasteiger partial charge in [0.15, 0.2) is 5.69 Å². The van der Waals surface area contributed by atoms with E-state index in [9.17, 15) is 4.79 Å². The van der Waals surface area contributed by atoms with Crippen LogP contribution in [0.15, 0.2) is 12.1 Å². The Hall–Kier alpha value is -1.65. The van der Waals surface area contributed by atoms with Gasteiger partial charge >= 0.3 is 0 Å². The van der Waals surface area contributed by atoms with Crippen molar-refractivity contribution >= 4 is 11.7 Å². The van der Waals surface area contributed by atoms with Crippen molar-refractivity contribution in [3.63, 3.8) is 0 Å². The molecule has 1 N–H and O–H groups in total. The van der Waals surface area contributed by atoms with Crippen LogP contribution in [0.25, 0.3) is 0 Å². The molecule has 1 aliphatic carbocycles. The zero-order valence-corrected chi connectivity index (χ0v) is 8.90. The van der Waals surface area contributed by atoms with Gasteiger partial charge in [-0.25, -0.2) is 0 Å². The fraction of sp³-hybridized carbons (Fsp3) is 0.500. The van der Waals surface area contributed by atoms with E-state index < -0.39 is 0 Å². The Morgan fingerprint density at radius 3 is 2.60 bits per heavy atom. The second-order valence-electron chi connectivity index (χ2n) is 3.92. The van der Waals surface area contributed by atoms with Gasteiger partial charge in [0.2, 0.25) is 0 Å². The molecule has 0 atom stereocenters. The molecule has 15 heavy (non-hydrogen) atoms. The Balaban J connectivity index is 2.05. The first-order valence-electron chi connectivity index (χ1n) is 4.99. The van der Waals surface area contributed by atoms with Gasteiger partial charge < -0.3 is 10.2 Å². The summed E-state index contributed by atoms with van der Waals surface area (Å²) in [5.74, 6) is 0.619. The molecular weight excluding hydrogens is 192 g/mol. The standard InChI is InChI=1S/C10H14N4O/c1-14(2)10(15)8-5-6-9(13-12-8)11-7-3-4-7/h5-7H,3-4H2,1-2H3,(H,11,13). The summed E-state index contributed by atoms with van der Waals surface area (Å²) in [6, 6.07) is 4.04. The molecule has 1 heterocycles. The summed E-state index contributed by atoms with van der Waals surface area (Å²) < 4.78 is 0. The van der Waals surface area contributed by atoms with Crippen LogP contribution in [-0.4, -0.2) is 41.1 Å². The molecule has 0 aromatic carbocycles. The van der Waals surface area contributed by atoms with Gasteiger partial charge in [-0.3, -0.25) is 4.79 Å². The van der Waals surface area contributed by atoms with Gasteiger partial charge in [0.05, 0.1) is 0 Å². The molecule has 1 aromatic rings. The molecular formula is C10H14N4O. The van der Waals surface area contributed by atoms with E-state index in [2.05, 4.69) is 15.5 Å². The number of hydrogen-bond acceptors (Lipinski definition) is 4. The molecule has 5 heteroatoms. The van der Waals surface area contributed by atoms with Crippen molar-refractivity contribution in [3.8, 4) is 0 Å². The summed E-state index contributed by atoms with van der Waals surface area (Å²) in [4.78, 5) is 13.0. The molecule has 0 spiro atoms. The molecule has 0 aliphatic heterocycles. The van der Waals surface area contributed by atoms with E-state index in [1.165, 1.54) is 17.7 Å². The summed E-state index contributed by atoms with van der Waals surface area (Å²) >= 11 is 0. The van der Waals surface area contributed by atoms with Crippen LogP contribution in [0.5, 0.6) is 0 Å². The van der Waals surface area contributed by atoms with Crippen molar-refractivity contribution in [2.45, 2.75) is 18.9 Å². The fourth-order valence-electron chi connectivity index (χ4n) is 1.19. The van der Waals surface area contributed by atoms with Crippen LogP contribution in [0.2, 0.25) is 0 Å². The Labute approximate surface area is 88.5 Å². The molecule has 0 bridgehead atoms. The monoisotopic (exact) mass is 206 g/mol. The topological polar surface area (TPSA) is 58.1 Å². The second kappa shape index (κ2) is 3.84.